The predicted molar refractivity (Wildman–Crippen MR) is 103 cm³/mol. The van der Waals surface area contributed by atoms with Crippen LogP contribution in [0.3, 0.4) is 0 Å². The quantitative estimate of drug-likeness (QED) is 0.397. The first-order valence-corrected chi connectivity index (χ1v) is 9.66. The van der Waals surface area contributed by atoms with Gasteiger partial charge in [-0.05, 0) is 31.7 Å². The maximum atomic E-state index is 12.0. The van der Waals surface area contributed by atoms with Gasteiger partial charge >= 0.3 is 6.18 Å². The van der Waals surface area contributed by atoms with E-state index in [1.807, 2.05) is 0 Å². The van der Waals surface area contributed by atoms with Crippen molar-refractivity contribution < 1.29 is 22.6 Å². The molecule has 1 aromatic carbocycles. The highest BCUT2D eigenvalue weighted by Crippen LogP contribution is 2.33. The summed E-state index contributed by atoms with van der Waals surface area (Å²) in [6.45, 7) is 2.87. The number of nitrogens with one attached hydrogen (secondary N) is 2. The molecule has 5 nitrogen and oxygen atoms in total. The Bertz CT molecular complexity index is 606. The van der Waals surface area contributed by atoms with E-state index in [1.165, 1.54) is 11.1 Å². The van der Waals surface area contributed by atoms with Gasteiger partial charge < -0.3 is 20.1 Å². The molecule has 0 aliphatic carbocycles. The van der Waals surface area contributed by atoms with Crippen LogP contribution in [0.2, 0.25) is 0 Å². The maximum Gasteiger partial charge on any atom is 0.411 e. The van der Waals surface area contributed by atoms with Gasteiger partial charge in [0, 0.05) is 39.3 Å². The minimum Gasteiger partial charge on any atom is -0.373 e. The molecule has 1 heterocycles. The van der Waals surface area contributed by atoms with Crippen molar-refractivity contribution in [1.29, 1.82) is 0 Å². The molecule has 0 aromatic heterocycles. The zero-order valence-corrected chi connectivity index (χ0v) is 16.5. The number of alkyl halides is 3. The normalized spacial score (nSPS) is 20.8. The molecule has 0 bridgehead atoms. The SMILES string of the molecule is CN=C(NCCCOCC(F)(F)F)NCC1CCCOC1c1ccc(C)cc1. The van der Waals surface area contributed by atoms with E-state index in [1.54, 1.807) is 7.05 Å². The molecular formula is C20H30F3N3O2. The number of ether oxygens (including phenoxy) is 2. The minimum atomic E-state index is -4.28. The standard InChI is InChI=1S/C20H30F3N3O2/c1-15-6-8-16(9-7-15)18-17(5-3-12-28-18)13-26-19(24-2)25-10-4-11-27-14-20(21,22)23/h6-9,17-18H,3-5,10-14H2,1-2H3,(H2,24,25,26). The molecule has 1 aromatic rings. The van der Waals surface area contributed by atoms with Gasteiger partial charge in [0.05, 0.1) is 6.10 Å². The molecule has 28 heavy (non-hydrogen) atoms. The average Bonchev–Trinajstić information content (AvgIpc) is 2.67. The minimum absolute atomic E-state index is 0.0511. The molecule has 1 aliphatic rings. The Hall–Kier alpha value is -1.80. The van der Waals surface area contributed by atoms with E-state index in [2.05, 4.69) is 51.6 Å². The molecule has 2 rings (SSSR count). The molecule has 158 valence electrons. The first-order chi connectivity index (χ1) is 13.4. The second-order valence-corrected chi connectivity index (χ2v) is 7.01. The molecule has 2 unspecified atom stereocenters. The Kier molecular flexibility index (Phi) is 9.05. The van der Waals surface area contributed by atoms with E-state index in [0.717, 1.165) is 19.4 Å². The fourth-order valence-corrected chi connectivity index (χ4v) is 3.19. The smallest absolute Gasteiger partial charge is 0.373 e. The second-order valence-electron chi connectivity index (χ2n) is 7.01. The third-order valence-electron chi connectivity index (χ3n) is 4.63. The van der Waals surface area contributed by atoms with Crippen molar-refractivity contribution in [3.8, 4) is 0 Å². The topological polar surface area (TPSA) is 54.9 Å². The van der Waals surface area contributed by atoms with E-state index in [9.17, 15) is 13.2 Å². The van der Waals surface area contributed by atoms with Crippen molar-refractivity contribution in [2.45, 2.75) is 38.5 Å². The van der Waals surface area contributed by atoms with Crippen LogP contribution in [0.4, 0.5) is 13.2 Å². The maximum absolute atomic E-state index is 12.0. The third kappa shape index (κ3) is 8.06. The lowest BCUT2D eigenvalue weighted by molar-refractivity contribution is -0.173. The monoisotopic (exact) mass is 401 g/mol. The molecule has 8 heteroatoms. The highest BCUT2D eigenvalue weighted by atomic mass is 19.4. The van der Waals surface area contributed by atoms with Gasteiger partial charge in [0.1, 0.15) is 6.61 Å². The number of hydrogen-bond donors (Lipinski definition) is 2. The van der Waals surface area contributed by atoms with Gasteiger partial charge in [-0.2, -0.15) is 13.2 Å². The van der Waals surface area contributed by atoms with Crippen LogP contribution < -0.4 is 10.6 Å². The number of guanidine groups is 1. The summed E-state index contributed by atoms with van der Waals surface area (Å²) in [6.07, 6.45) is -1.67. The number of aliphatic imine (C=N–C) groups is 1. The highest BCUT2D eigenvalue weighted by Gasteiger charge is 2.28. The summed E-state index contributed by atoms with van der Waals surface area (Å²) in [5, 5.41) is 6.41. The van der Waals surface area contributed by atoms with Crippen molar-refractivity contribution in [2.24, 2.45) is 10.9 Å². The molecule has 1 aliphatic heterocycles. The van der Waals surface area contributed by atoms with Gasteiger partial charge in [0.25, 0.3) is 0 Å². The summed E-state index contributed by atoms with van der Waals surface area (Å²) in [5.74, 6) is 0.953. The number of halogens is 3. The van der Waals surface area contributed by atoms with Gasteiger partial charge in [0.15, 0.2) is 5.96 Å². The van der Waals surface area contributed by atoms with E-state index in [-0.39, 0.29) is 12.7 Å². The second kappa shape index (κ2) is 11.3. The van der Waals surface area contributed by atoms with Crippen molar-refractivity contribution in [1.82, 2.24) is 10.6 Å². The average molecular weight is 401 g/mol. The van der Waals surface area contributed by atoms with Crippen molar-refractivity contribution in [3.05, 3.63) is 35.4 Å². The van der Waals surface area contributed by atoms with Crippen LogP contribution >= 0.6 is 0 Å². The van der Waals surface area contributed by atoms with Crippen LogP contribution in [0.5, 0.6) is 0 Å². The Morgan fingerprint density at radius 1 is 1.25 bits per heavy atom. The summed E-state index contributed by atoms with van der Waals surface area (Å²) in [6, 6.07) is 8.43. The summed E-state index contributed by atoms with van der Waals surface area (Å²) < 4.78 is 46.7. The molecule has 0 radical (unpaired) electrons. The number of benzene rings is 1. The lowest BCUT2D eigenvalue weighted by Crippen LogP contribution is -2.42. The summed E-state index contributed by atoms with van der Waals surface area (Å²) in [7, 11) is 1.67. The van der Waals surface area contributed by atoms with E-state index < -0.39 is 12.8 Å². The third-order valence-corrected chi connectivity index (χ3v) is 4.63. The summed E-state index contributed by atoms with van der Waals surface area (Å²) in [5.41, 5.74) is 2.40. The van der Waals surface area contributed by atoms with Gasteiger partial charge in [-0.3, -0.25) is 4.99 Å². The van der Waals surface area contributed by atoms with Crippen LogP contribution in [0.15, 0.2) is 29.3 Å². The van der Waals surface area contributed by atoms with Gasteiger partial charge in [0.2, 0.25) is 0 Å². The van der Waals surface area contributed by atoms with Gasteiger partial charge in [-0.15, -0.1) is 0 Å². The Labute approximate surface area is 164 Å². The van der Waals surface area contributed by atoms with Crippen molar-refractivity contribution in [3.63, 3.8) is 0 Å². The molecule has 2 N–H and O–H groups in total. The Balaban J connectivity index is 1.74. The van der Waals surface area contributed by atoms with Crippen LogP contribution in [0.1, 0.15) is 36.5 Å². The molecule has 0 amide bonds. The van der Waals surface area contributed by atoms with Crippen LogP contribution in [-0.4, -0.2) is 52.1 Å². The Morgan fingerprint density at radius 3 is 2.68 bits per heavy atom. The first-order valence-electron chi connectivity index (χ1n) is 9.66. The number of nitrogens with zero attached hydrogens (tertiary/aromatic N) is 1. The first kappa shape index (κ1) is 22.5. The molecular weight excluding hydrogens is 371 g/mol. The largest absolute Gasteiger partial charge is 0.411 e. The molecule has 0 saturated carbocycles. The highest BCUT2D eigenvalue weighted by molar-refractivity contribution is 5.79. The molecule has 1 saturated heterocycles. The van der Waals surface area contributed by atoms with E-state index in [0.29, 0.717) is 31.4 Å². The van der Waals surface area contributed by atoms with Crippen LogP contribution in [0.25, 0.3) is 0 Å². The lowest BCUT2D eigenvalue weighted by atomic mass is 9.89. The Morgan fingerprint density at radius 2 is 2.00 bits per heavy atom. The van der Waals surface area contributed by atoms with E-state index >= 15 is 0 Å². The summed E-state index contributed by atoms with van der Waals surface area (Å²) >= 11 is 0. The molecule has 2 atom stereocenters. The van der Waals surface area contributed by atoms with Gasteiger partial charge in [-0.1, -0.05) is 29.8 Å². The fraction of sp³-hybridized carbons (Fsp3) is 0.650. The van der Waals surface area contributed by atoms with Gasteiger partial charge in [-0.25, -0.2) is 0 Å². The predicted octanol–water partition coefficient (Wildman–Crippen LogP) is 3.60. The fourth-order valence-electron chi connectivity index (χ4n) is 3.19. The van der Waals surface area contributed by atoms with Crippen LogP contribution in [0, 0.1) is 12.8 Å². The van der Waals surface area contributed by atoms with Crippen molar-refractivity contribution in [2.75, 3.05) is 40.0 Å². The molecule has 0 spiro atoms. The number of hydrogen-bond acceptors (Lipinski definition) is 3. The van der Waals surface area contributed by atoms with E-state index in [4.69, 9.17) is 4.74 Å². The summed E-state index contributed by atoms with van der Waals surface area (Å²) in [4.78, 5) is 4.17. The van der Waals surface area contributed by atoms with Crippen LogP contribution in [-0.2, 0) is 9.47 Å². The molecule has 1 fully saturated rings. The lowest BCUT2D eigenvalue weighted by Gasteiger charge is -2.32. The van der Waals surface area contributed by atoms with Crippen molar-refractivity contribution >= 4 is 5.96 Å². The zero-order chi connectivity index (χ0) is 20.4. The number of aryl methyl sites for hydroxylation is 1. The number of rotatable bonds is 8. The zero-order valence-electron chi connectivity index (χ0n) is 16.5.